The summed E-state index contributed by atoms with van der Waals surface area (Å²) in [6, 6.07) is 9.89. The van der Waals surface area contributed by atoms with E-state index in [1.165, 1.54) is 12.1 Å². The lowest BCUT2D eigenvalue weighted by Crippen LogP contribution is -2.34. The van der Waals surface area contributed by atoms with Crippen LogP contribution in [-0.4, -0.2) is 34.0 Å². The lowest BCUT2D eigenvalue weighted by Gasteiger charge is -2.24. The number of nitriles is 1. The van der Waals surface area contributed by atoms with E-state index in [1.54, 1.807) is 23.5 Å². The Morgan fingerprint density at radius 2 is 2.14 bits per heavy atom. The van der Waals surface area contributed by atoms with Crippen molar-refractivity contribution in [3.63, 3.8) is 0 Å². The predicted octanol–water partition coefficient (Wildman–Crippen LogP) is 2.20. The summed E-state index contributed by atoms with van der Waals surface area (Å²) in [5.41, 5.74) is 1.40. The van der Waals surface area contributed by atoms with Gasteiger partial charge in [0, 0.05) is 12.6 Å². The molecule has 0 aliphatic rings. The largest absolute Gasteiger partial charge is 0.301 e. The van der Waals surface area contributed by atoms with Crippen molar-refractivity contribution in [1.82, 2.24) is 9.62 Å². The highest BCUT2D eigenvalue weighted by Gasteiger charge is 2.20. The molecule has 1 heterocycles. The maximum atomic E-state index is 12.4. The molecule has 1 atom stereocenters. The van der Waals surface area contributed by atoms with E-state index in [-0.39, 0.29) is 17.5 Å². The van der Waals surface area contributed by atoms with Crippen molar-refractivity contribution in [2.24, 2.45) is 0 Å². The van der Waals surface area contributed by atoms with Gasteiger partial charge in [0.2, 0.25) is 10.0 Å². The average Bonchev–Trinajstić information content (AvgIpc) is 3.01. The van der Waals surface area contributed by atoms with Gasteiger partial charge < -0.3 is 4.90 Å². The van der Waals surface area contributed by atoms with E-state index in [2.05, 4.69) is 4.72 Å². The van der Waals surface area contributed by atoms with Crippen LogP contribution in [0.15, 0.2) is 46.0 Å². The molecule has 0 fully saturated rings. The highest BCUT2D eigenvalue weighted by molar-refractivity contribution is 7.89. The first-order valence-corrected chi connectivity index (χ1v) is 9.05. The molecule has 0 aliphatic heterocycles. The van der Waals surface area contributed by atoms with Gasteiger partial charge in [0.1, 0.15) is 0 Å². The molecule has 0 aliphatic carbocycles. The Morgan fingerprint density at radius 3 is 2.73 bits per heavy atom. The van der Waals surface area contributed by atoms with Gasteiger partial charge in [-0.25, -0.2) is 13.1 Å². The van der Waals surface area contributed by atoms with Gasteiger partial charge in [0.25, 0.3) is 0 Å². The third-order valence-corrected chi connectivity index (χ3v) is 5.41. The van der Waals surface area contributed by atoms with Crippen molar-refractivity contribution in [2.75, 3.05) is 20.6 Å². The summed E-state index contributed by atoms with van der Waals surface area (Å²) in [6.45, 7) is 0.267. The zero-order valence-electron chi connectivity index (χ0n) is 12.4. The van der Waals surface area contributed by atoms with Gasteiger partial charge in [-0.05, 0) is 54.7 Å². The molecule has 0 saturated carbocycles. The monoisotopic (exact) mass is 335 g/mol. The van der Waals surface area contributed by atoms with E-state index in [4.69, 9.17) is 5.26 Å². The van der Waals surface area contributed by atoms with Crippen LogP contribution in [0.1, 0.15) is 17.2 Å². The summed E-state index contributed by atoms with van der Waals surface area (Å²) >= 11 is 1.58. The lowest BCUT2D eigenvalue weighted by molar-refractivity contribution is 0.300. The molecule has 1 aromatic heterocycles. The maximum absolute atomic E-state index is 12.4. The molecular formula is C15H17N3O2S2. The van der Waals surface area contributed by atoms with Crippen LogP contribution in [-0.2, 0) is 10.0 Å². The van der Waals surface area contributed by atoms with E-state index < -0.39 is 10.0 Å². The topological polar surface area (TPSA) is 73.2 Å². The molecule has 1 N–H and O–H groups in total. The Bertz CT molecular complexity index is 762. The van der Waals surface area contributed by atoms with Crippen LogP contribution >= 0.6 is 11.3 Å². The first-order valence-electron chi connectivity index (χ1n) is 6.62. The number of benzene rings is 1. The van der Waals surface area contributed by atoms with E-state index >= 15 is 0 Å². The van der Waals surface area contributed by atoms with Gasteiger partial charge >= 0.3 is 0 Å². The fourth-order valence-corrected chi connectivity index (χ4v) is 3.86. The molecule has 0 amide bonds. The van der Waals surface area contributed by atoms with Crippen LogP contribution in [0.4, 0.5) is 0 Å². The van der Waals surface area contributed by atoms with Crippen molar-refractivity contribution < 1.29 is 8.42 Å². The van der Waals surface area contributed by atoms with Gasteiger partial charge in [0.05, 0.1) is 16.5 Å². The summed E-state index contributed by atoms with van der Waals surface area (Å²) < 4.78 is 27.3. The second-order valence-electron chi connectivity index (χ2n) is 5.03. The van der Waals surface area contributed by atoms with Gasteiger partial charge in [-0.15, -0.1) is 0 Å². The minimum Gasteiger partial charge on any atom is -0.301 e. The second-order valence-corrected chi connectivity index (χ2v) is 7.57. The molecule has 7 heteroatoms. The summed E-state index contributed by atoms with van der Waals surface area (Å²) in [4.78, 5) is 2.07. The molecule has 1 aromatic carbocycles. The SMILES string of the molecule is CN(C)[C@@H](CNS(=O)(=O)c1cccc(C#N)c1)c1ccsc1. The normalized spacial score (nSPS) is 13.0. The number of nitrogens with one attached hydrogen (secondary N) is 1. The Labute approximate surface area is 134 Å². The van der Waals surface area contributed by atoms with Gasteiger partial charge in [-0.1, -0.05) is 6.07 Å². The molecule has 0 radical (unpaired) electrons. The van der Waals surface area contributed by atoms with Crippen LogP contribution in [0.5, 0.6) is 0 Å². The molecule has 116 valence electrons. The van der Waals surface area contributed by atoms with Crippen LogP contribution in [0.2, 0.25) is 0 Å². The maximum Gasteiger partial charge on any atom is 0.240 e. The summed E-state index contributed by atoms with van der Waals surface area (Å²) in [6.07, 6.45) is 0. The smallest absolute Gasteiger partial charge is 0.240 e. The number of likely N-dealkylation sites (N-methyl/N-ethyl adjacent to an activating group) is 1. The molecule has 5 nitrogen and oxygen atoms in total. The minimum atomic E-state index is -3.64. The summed E-state index contributed by atoms with van der Waals surface area (Å²) in [7, 11) is 0.182. The van der Waals surface area contributed by atoms with Crippen molar-refractivity contribution in [2.45, 2.75) is 10.9 Å². The van der Waals surface area contributed by atoms with Gasteiger partial charge in [-0.3, -0.25) is 0 Å². The molecule has 0 bridgehead atoms. The molecular weight excluding hydrogens is 318 g/mol. The Morgan fingerprint density at radius 1 is 1.36 bits per heavy atom. The number of thiophene rings is 1. The zero-order valence-corrected chi connectivity index (χ0v) is 14.0. The molecule has 2 rings (SSSR count). The van der Waals surface area contributed by atoms with Crippen LogP contribution in [0.3, 0.4) is 0 Å². The third kappa shape index (κ3) is 3.93. The standard InChI is InChI=1S/C15H17N3O2S2/c1-18(2)15(13-6-7-21-11-13)10-17-22(19,20)14-5-3-4-12(8-14)9-16/h3-8,11,15,17H,10H2,1-2H3/t15-/m0/s1. The Hall–Kier alpha value is -1.72. The number of rotatable bonds is 6. The minimum absolute atomic E-state index is 0.0415. The number of sulfonamides is 1. The molecule has 0 saturated heterocycles. The molecule has 0 unspecified atom stereocenters. The van der Waals surface area contributed by atoms with E-state index in [1.807, 2.05) is 41.9 Å². The van der Waals surface area contributed by atoms with Crippen molar-refractivity contribution in [3.05, 3.63) is 52.2 Å². The Balaban J connectivity index is 2.16. The summed E-state index contributed by atoms with van der Waals surface area (Å²) in [5.74, 6) is 0. The molecule has 2 aromatic rings. The fraction of sp³-hybridized carbons (Fsp3) is 0.267. The van der Waals surface area contributed by atoms with E-state index in [9.17, 15) is 8.42 Å². The third-order valence-electron chi connectivity index (χ3n) is 3.29. The second kappa shape index (κ2) is 7.03. The highest BCUT2D eigenvalue weighted by atomic mass is 32.2. The lowest BCUT2D eigenvalue weighted by atomic mass is 10.1. The first-order chi connectivity index (χ1) is 10.4. The quantitative estimate of drug-likeness (QED) is 0.878. The van der Waals surface area contributed by atoms with Crippen molar-refractivity contribution in [1.29, 1.82) is 5.26 Å². The van der Waals surface area contributed by atoms with E-state index in [0.717, 1.165) is 5.56 Å². The molecule has 0 spiro atoms. The number of hydrogen-bond donors (Lipinski definition) is 1. The fourth-order valence-electron chi connectivity index (χ4n) is 2.07. The van der Waals surface area contributed by atoms with Gasteiger partial charge in [0.15, 0.2) is 0 Å². The van der Waals surface area contributed by atoms with E-state index in [0.29, 0.717) is 5.56 Å². The van der Waals surface area contributed by atoms with Crippen LogP contribution < -0.4 is 4.72 Å². The number of hydrogen-bond acceptors (Lipinski definition) is 5. The molecule has 22 heavy (non-hydrogen) atoms. The van der Waals surface area contributed by atoms with Crippen LogP contribution in [0, 0.1) is 11.3 Å². The van der Waals surface area contributed by atoms with Crippen LogP contribution in [0.25, 0.3) is 0 Å². The number of nitrogens with zero attached hydrogens (tertiary/aromatic N) is 2. The van der Waals surface area contributed by atoms with Gasteiger partial charge in [-0.2, -0.15) is 16.6 Å². The average molecular weight is 335 g/mol. The first kappa shape index (κ1) is 16.6. The predicted molar refractivity (Wildman–Crippen MR) is 87.1 cm³/mol. The zero-order chi connectivity index (χ0) is 16.2. The van der Waals surface area contributed by atoms with Crippen molar-refractivity contribution in [3.8, 4) is 6.07 Å². The Kier molecular flexibility index (Phi) is 5.32. The highest BCUT2D eigenvalue weighted by Crippen LogP contribution is 2.21. The van der Waals surface area contributed by atoms with Crippen molar-refractivity contribution >= 4 is 21.4 Å². The summed E-state index contributed by atoms with van der Waals surface area (Å²) in [5, 5.41) is 12.9.